The number of imidazole rings is 1. The van der Waals surface area contributed by atoms with Crippen LogP contribution in [0.15, 0.2) is 29.1 Å². The van der Waals surface area contributed by atoms with Crippen molar-refractivity contribution in [3.63, 3.8) is 0 Å². The lowest BCUT2D eigenvalue weighted by Crippen LogP contribution is -2.48. The highest BCUT2D eigenvalue weighted by atomic mass is 16.5. The number of morpholine rings is 1. The Morgan fingerprint density at radius 1 is 1.17 bits per heavy atom. The molecule has 0 bridgehead atoms. The summed E-state index contributed by atoms with van der Waals surface area (Å²) in [6.45, 7) is 5.59. The number of aromatic nitrogens is 2. The van der Waals surface area contributed by atoms with Crippen LogP contribution in [0.3, 0.4) is 0 Å². The molecule has 0 aliphatic carbocycles. The molecule has 3 rings (SSSR count). The second kappa shape index (κ2) is 6.20. The van der Waals surface area contributed by atoms with E-state index in [0.29, 0.717) is 26.1 Å². The van der Waals surface area contributed by atoms with Crippen molar-refractivity contribution in [1.29, 1.82) is 0 Å². The van der Waals surface area contributed by atoms with E-state index in [1.54, 1.807) is 16.2 Å². The second-order valence-corrected chi connectivity index (χ2v) is 6.29. The smallest absolute Gasteiger partial charge is 0.328 e. The summed E-state index contributed by atoms with van der Waals surface area (Å²) in [6, 6.07) is 7.65. The molecule has 1 fully saturated rings. The van der Waals surface area contributed by atoms with Gasteiger partial charge >= 0.3 is 5.69 Å². The van der Waals surface area contributed by atoms with Crippen molar-refractivity contribution in [2.45, 2.75) is 39.0 Å². The number of fused-ring (bicyclic) bond motifs is 1. The van der Waals surface area contributed by atoms with E-state index in [1.165, 1.54) is 0 Å². The zero-order valence-electron chi connectivity index (χ0n) is 13.9. The van der Waals surface area contributed by atoms with Crippen LogP contribution in [0.4, 0.5) is 0 Å². The van der Waals surface area contributed by atoms with Gasteiger partial charge in [0.25, 0.3) is 0 Å². The first-order valence-corrected chi connectivity index (χ1v) is 8.05. The first-order chi connectivity index (χ1) is 11.0. The summed E-state index contributed by atoms with van der Waals surface area (Å²) in [4.78, 5) is 26.7. The molecule has 0 saturated carbocycles. The van der Waals surface area contributed by atoms with Crippen LogP contribution in [0.25, 0.3) is 11.0 Å². The van der Waals surface area contributed by atoms with Crippen molar-refractivity contribution in [3.05, 3.63) is 34.7 Å². The third kappa shape index (κ3) is 3.03. The first-order valence-electron chi connectivity index (χ1n) is 8.05. The minimum absolute atomic E-state index is 0.0583. The summed E-state index contributed by atoms with van der Waals surface area (Å²) in [5.41, 5.74) is 1.68. The lowest BCUT2D eigenvalue weighted by atomic mass is 10.2. The monoisotopic (exact) mass is 317 g/mol. The molecule has 124 valence electrons. The molecule has 0 spiro atoms. The maximum atomic E-state index is 12.5. The molecule has 1 aliphatic heterocycles. The summed E-state index contributed by atoms with van der Waals surface area (Å²) in [7, 11) is 1.76. The highest BCUT2D eigenvalue weighted by Crippen LogP contribution is 2.14. The van der Waals surface area contributed by atoms with Gasteiger partial charge in [0.1, 0.15) is 0 Å². The van der Waals surface area contributed by atoms with Crippen molar-refractivity contribution >= 4 is 16.9 Å². The van der Waals surface area contributed by atoms with E-state index in [9.17, 15) is 9.59 Å². The molecular formula is C17H23N3O3. The number of hydrogen-bond acceptors (Lipinski definition) is 3. The number of para-hydroxylation sites is 2. The summed E-state index contributed by atoms with van der Waals surface area (Å²) in [5, 5.41) is 0. The Kier molecular flexibility index (Phi) is 4.26. The summed E-state index contributed by atoms with van der Waals surface area (Å²) < 4.78 is 8.96. The highest BCUT2D eigenvalue weighted by molar-refractivity contribution is 5.78. The predicted octanol–water partition coefficient (Wildman–Crippen LogP) is 1.37. The summed E-state index contributed by atoms with van der Waals surface area (Å²) in [5.74, 6) is 0.0758. The third-order valence-corrected chi connectivity index (χ3v) is 4.37. The molecule has 1 aromatic carbocycles. The first kappa shape index (κ1) is 15.8. The van der Waals surface area contributed by atoms with E-state index in [-0.39, 0.29) is 23.8 Å². The molecule has 23 heavy (non-hydrogen) atoms. The molecule has 0 N–H and O–H groups in total. The van der Waals surface area contributed by atoms with Gasteiger partial charge in [0.05, 0.1) is 23.2 Å². The Morgan fingerprint density at radius 2 is 1.78 bits per heavy atom. The van der Waals surface area contributed by atoms with Crippen LogP contribution < -0.4 is 5.69 Å². The number of rotatable bonds is 3. The van der Waals surface area contributed by atoms with Crippen molar-refractivity contribution in [2.24, 2.45) is 7.05 Å². The molecule has 6 heteroatoms. The van der Waals surface area contributed by atoms with Gasteiger partial charge in [-0.05, 0) is 26.0 Å². The number of nitrogens with zero attached hydrogens (tertiary/aromatic N) is 3. The van der Waals surface area contributed by atoms with Crippen molar-refractivity contribution < 1.29 is 9.53 Å². The molecular weight excluding hydrogens is 294 g/mol. The molecule has 1 saturated heterocycles. The van der Waals surface area contributed by atoms with Gasteiger partial charge in [-0.15, -0.1) is 0 Å². The van der Waals surface area contributed by atoms with Crippen LogP contribution in [-0.4, -0.2) is 45.2 Å². The van der Waals surface area contributed by atoms with Gasteiger partial charge in [-0.3, -0.25) is 13.9 Å². The Balaban J connectivity index is 1.75. The van der Waals surface area contributed by atoms with Crippen LogP contribution >= 0.6 is 0 Å². The third-order valence-electron chi connectivity index (χ3n) is 4.37. The Bertz CT molecular complexity index is 767. The van der Waals surface area contributed by atoms with E-state index in [0.717, 1.165) is 11.0 Å². The number of ether oxygens (including phenoxy) is 1. The van der Waals surface area contributed by atoms with Gasteiger partial charge in [-0.1, -0.05) is 12.1 Å². The number of benzene rings is 1. The molecule has 0 radical (unpaired) electrons. The topological polar surface area (TPSA) is 56.5 Å². The van der Waals surface area contributed by atoms with Gasteiger partial charge in [-0.25, -0.2) is 4.79 Å². The minimum atomic E-state index is -0.0808. The Morgan fingerprint density at radius 3 is 2.43 bits per heavy atom. The average Bonchev–Trinajstić information content (AvgIpc) is 2.76. The van der Waals surface area contributed by atoms with Gasteiger partial charge in [0.2, 0.25) is 5.91 Å². The van der Waals surface area contributed by atoms with Crippen LogP contribution in [0.1, 0.15) is 20.3 Å². The van der Waals surface area contributed by atoms with Gasteiger partial charge < -0.3 is 9.64 Å². The normalized spacial score (nSPS) is 21.8. The molecule has 1 amide bonds. The SMILES string of the molecule is C[C@@H]1CN(C(=O)CCn2c(=O)n(C)c3ccccc32)C[C@H](C)O1. The number of carbonyl (C=O) groups excluding carboxylic acids is 1. The number of hydrogen-bond donors (Lipinski definition) is 0. The zero-order valence-corrected chi connectivity index (χ0v) is 13.9. The maximum Gasteiger partial charge on any atom is 0.328 e. The van der Waals surface area contributed by atoms with Crippen molar-refractivity contribution in [2.75, 3.05) is 13.1 Å². The standard InChI is InChI=1S/C17H23N3O3/c1-12-10-19(11-13(2)23-12)16(21)8-9-20-15-7-5-4-6-14(15)18(3)17(20)22/h4-7,12-13H,8-11H2,1-3H3/t12-,13+. The highest BCUT2D eigenvalue weighted by Gasteiger charge is 2.25. The van der Waals surface area contributed by atoms with Gasteiger partial charge in [0, 0.05) is 33.1 Å². The lowest BCUT2D eigenvalue weighted by Gasteiger charge is -2.35. The second-order valence-electron chi connectivity index (χ2n) is 6.29. The molecule has 6 nitrogen and oxygen atoms in total. The number of carbonyl (C=O) groups is 1. The molecule has 1 aliphatic rings. The van der Waals surface area contributed by atoms with Crippen LogP contribution in [0, 0.1) is 0 Å². The number of aryl methyl sites for hydroxylation is 2. The molecule has 2 aromatic rings. The quantitative estimate of drug-likeness (QED) is 0.859. The molecule has 1 aromatic heterocycles. The van der Waals surface area contributed by atoms with Crippen molar-refractivity contribution in [1.82, 2.24) is 14.0 Å². The zero-order chi connectivity index (χ0) is 16.6. The van der Waals surface area contributed by atoms with Gasteiger partial charge in [-0.2, -0.15) is 0 Å². The fourth-order valence-corrected chi connectivity index (χ4v) is 3.33. The maximum absolute atomic E-state index is 12.5. The van der Waals surface area contributed by atoms with E-state index < -0.39 is 0 Å². The Labute approximate surface area is 135 Å². The largest absolute Gasteiger partial charge is 0.372 e. The van der Waals surface area contributed by atoms with Crippen molar-refractivity contribution in [3.8, 4) is 0 Å². The van der Waals surface area contributed by atoms with E-state index >= 15 is 0 Å². The molecule has 2 atom stereocenters. The lowest BCUT2D eigenvalue weighted by molar-refractivity contribution is -0.143. The van der Waals surface area contributed by atoms with E-state index in [2.05, 4.69) is 0 Å². The Hall–Kier alpha value is -2.08. The van der Waals surface area contributed by atoms with E-state index in [4.69, 9.17) is 4.74 Å². The fraction of sp³-hybridized carbons (Fsp3) is 0.529. The minimum Gasteiger partial charge on any atom is -0.372 e. The average molecular weight is 317 g/mol. The van der Waals surface area contributed by atoms with Crippen LogP contribution in [-0.2, 0) is 23.1 Å². The van der Waals surface area contributed by atoms with Gasteiger partial charge in [0.15, 0.2) is 0 Å². The fourth-order valence-electron chi connectivity index (χ4n) is 3.33. The molecule has 2 heterocycles. The predicted molar refractivity (Wildman–Crippen MR) is 88.4 cm³/mol. The summed E-state index contributed by atoms with van der Waals surface area (Å²) >= 11 is 0. The van der Waals surface area contributed by atoms with Crippen LogP contribution in [0.5, 0.6) is 0 Å². The number of amides is 1. The van der Waals surface area contributed by atoms with E-state index in [1.807, 2.05) is 43.0 Å². The molecule has 0 unspecified atom stereocenters. The summed E-state index contributed by atoms with van der Waals surface area (Å²) in [6.07, 6.45) is 0.443. The van der Waals surface area contributed by atoms with Crippen LogP contribution in [0.2, 0.25) is 0 Å².